The maximum absolute atomic E-state index is 14.2. The van der Waals surface area contributed by atoms with Gasteiger partial charge in [-0.15, -0.1) is 6.42 Å². The van der Waals surface area contributed by atoms with E-state index in [4.69, 9.17) is 6.42 Å². The lowest BCUT2D eigenvalue weighted by Crippen LogP contribution is -2.10. The highest BCUT2D eigenvalue weighted by Crippen LogP contribution is 2.22. The molecule has 0 amide bonds. The second kappa shape index (κ2) is 4.63. The molecule has 3 aromatic rings. The van der Waals surface area contributed by atoms with Crippen LogP contribution in [-0.4, -0.2) is 9.97 Å². The molecule has 0 atom stereocenters. The van der Waals surface area contributed by atoms with Crippen LogP contribution in [-0.2, 0) is 0 Å². The number of nitrogens with zero attached hydrogens (tertiary/aromatic N) is 1. The Kier molecular flexibility index (Phi) is 2.81. The van der Waals surface area contributed by atoms with Gasteiger partial charge in [-0.05, 0) is 24.3 Å². The molecule has 0 aliphatic rings. The summed E-state index contributed by atoms with van der Waals surface area (Å²) in [7, 11) is 0. The Bertz CT molecular complexity index is 906. The summed E-state index contributed by atoms with van der Waals surface area (Å²) >= 11 is 0. The van der Waals surface area contributed by atoms with Gasteiger partial charge in [-0.3, -0.25) is 4.79 Å². The Morgan fingerprint density at radius 1 is 1.15 bits per heavy atom. The smallest absolute Gasteiger partial charge is 0.259 e. The van der Waals surface area contributed by atoms with Crippen molar-refractivity contribution in [3.05, 3.63) is 64.2 Å². The number of aromatic nitrogens is 2. The third-order valence-electron chi connectivity index (χ3n) is 3.02. The van der Waals surface area contributed by atoms with E-state index in [2.05, 4.69) is 15.9 Å². The molecule has 3 rings (SSSR count). The fourth-order valence-electron chi connectivity index (χ4n) is 2.04. The molecule has 96 valence electrons. The number of terminal acetylenes is 1. The zero-order valence-electron chi connectivity index (χ0n) is 10.4. The predicted octanol–water partition coefficient (Wildman–Crippen LogP) is 2.71. The molecule has 0 saturated heterocycles. The van der Waals surface area contributed by atoms with Crippen molar-refractivity contribution in [3.8, 4) is 23.7 Å². The molecule has 0 aliphatic carbocycles. The molecule has 0 bridgehead atoms. The first-order valence-corrected chi connectivity index (χ1v) is 5.95. The minimum Gasteiger partial charge on any atom is -0.306 e. The largest absolute Gasteiger partial charge is 0.306 e. The minimum atomic E-state index is -0.562. The third-order valence-corrected chi connectivity index (χ3v) is 3.02. The average Bonchev–Trinajstić information content (AvgIpc) is 2.47. The average molecular weight is 264 g/mol. The van der Waals surface area contributed by atoms with Crippen LogP contribution >= 0.6 is 0 Å². The highest BCUT2D eigenvalue weighted by atomic mass is 19.1. The van der Waals surface area contributed by atoms with Gasteiger partial charge in [-0.25, -0.2) is 9.37 Å². The van der Waals surface area contributed by atoms with E-state index in [1.807, 2.05) is 0 Å². The summed E-state index contributed by atoms with van der Waals surface area (Å²) in [5.41, 5.74) is 0.523. The number of aromatic amines is 1. The lowest BCUT2D eigenvalue weighted by Gasteiger charge is -2.05. The number of benzene rings is 2. The van der Waals surface area contributed by atoms with Gasteiger partial charge in [0.05, 0.1) is 22.0 Å². The van der Waals surface area contributed by atoms with Crippen molar-refractivity contribution in [1.29, 1.82) is 0 Å². The van der Waals surface area contributed by atoms with Gasteiger partial charge in [0.25, 0.3) is 5.56 Å². The molecule has 0 radical (unpaired) electrons. The first-order chi connectivity index (χ1) is 9.70. The van der Waals surface area contributed by atoms with Gasteiger partial charge in [0.15, 0.2) is 0 Å². The van der Waals surface area contributed by atoms with Crippen LogP contribution in [0.15, 0.2) is 47.3 Å². The van der Waals surface area contributed by atoms with Crippen molar-refractivity contribution in [2.24, 2.45) is 0 Å². The number of nitrogens with one attached hydrogen (secondary N) is 1. The quantitative estimate of drug-likeness (QED) is 0.687. The summed E-state index contributed by atoms with van der Waals surface area (Å²) in [6.07, 6.45) is 5.24. The molecule has 20 heavy (non-hydrogen) atoms. The number of para-hydroxylation sites is 1. The van der Waals surface area contributed by atoms with Gasteiger partial charge in [-0.2, -0.15) is 0 Å². The summed E-state index contributed by atoms with van der Waals surface area (Å²) < 4.78 is 14.2. The topological polar surface area (TPSA) is 45.8 Å². The Labute approximate surface area is 114 Å². The number of rotatable bonds is 1. The van der Waals surface area contributed by atoms with Crippen LogP contribution < -0.4 is 5.56 Å². The van der Waals surface area contributed by atoms with Crippen molar-refractivity contribution < 1.29 is 4.39 Å². The van der Waals surface area contributed by atoms with Gasteiger partial charge in [0.2, 0.25) is 0 Å². The van der Waals surface area contributed by atoms with E-state index in [1.165, 1.54) is 12.1 Å². The van der Waals surface area contributed by atoms with E-state index >= 15 is 0 Å². The summed E-state index contributed by atoms with van der Waals surface area (Å²) in [5, 5.41) is 0.463. The van der Waals surface area contributed by atoms with Crippen molar-refractivity contribution in [2.75, 3.05) is 0 Å². The zero-order chi connectivity index (χ0) is 14.1. The van der Waals surface area contributed by atoms with Crippen LogP contribution in [0.2, 0.25) is 0 Å². The van der Waals surface area contributed by atoms with Crippen LogP contribution in [0.3, 0.4) is 0 Å². The Balaban J connectivity index is 2.31. The molecular formula is C16H9FN2O. The Morgan fingerprint density at radius 3 is 2.75 bits per heavy atom. The summed E-state index contributed by atoms with van der Waals surface area (Å²) in [5.74, 6) is 1.87. The van der Waals surface area contributed by atoms with Crippen molar-refractivity contribution in [2.45, 2.75) is 0 Å². The molecule has 0 unspecified atom stereocenters. The zero-order valence-corrected chi connectivity index (χ0v) is 10.4. The van der Waals surface area contributed by atoms with Gasteiger partial charge >= 0.3 is 0 Å². The van der Waals surface area contributed by atoms with E-state index < -0.39 is 5.82 Å². The minimum absolute atomic E-state index is 0.137. The molecule has 0 saturated carbocycles. The SMILES string of the molecule is C#Cc1cccc(-c2nc3ccccc3c(=O)[nH]2)c1F. The molecule has 0 aliphatic heterocycles. The second-order valence-corrected chi connectivity index (χ2v) is 4.24. The highest BCUT2D eigenvalue weighted by Gasteiger charge is 2.12. The molecule has 1 aromatic heterocycles. The van der Waals surface area contributed by atoms with Crippen LogP contribution in [0.5, 0.6) is 0 Å². The molecular weight excluding hydrogens is 255 g/mol. The van der Waals surface area contributed by atoms with E-state index in [1.54, 1.807) is 30.3 Å². The van der Waals surface area contributed by atoms with Crippen molar-refractivity contribution in [3.63, 3.8) is 0 Å². The molecule has 1 N–H and O–H groups in total. The Hall–Kier alpha value is -2.93. The first kappa shape index (κ1) is 12.1. The number of halogens is 1. The summed E-state index contributed by atoms with van der Waals surface area (Å²) in [6.45, 7) is 0. The lowest BCUT2D eigenvalue weighted by molar-refractivity contribution is 0.626. The fourth-order valence-corrected chi connectivity index (χ4v) is 2.04. The number of fused-ring (bicyclic) bond motifs is 1. The van der Waals surface area contributed by atoms with Crippen LogP contribution in [0.25, 0.3) is 22.3 Å². The van der Waals surface area contributed by atoms with Gasteiger partial charge < -0.3 is 4.98 Å². The molecule has 4 heteroatoms. The van der Waals surface area contributed by atoms with Crippen LogP contribution in [0, 0.1) is 18.2 Å². The summed E-state index contributed by atoms with van der Waals surface area (Å²) in [6, 6.07) is 11.5. The Morgan fingerprint density at radius 2 is 1.95 bits per heavy atom. The maximum atomic E-state index is 14.2. The van der Waals surface area contributed by atoms with Crippen molar-refractivity contribution >= 4 is 10.9 Å². The van der Waals surface area contributed by atoms with E-state index in [0.29, 0.717) is 10.9 Å². The first-order valence-electron chi connectivity index (χ1n) is 5.95. The van der Waals surface area contributed by atoms with Crippen LogP contribution in [0.1, 0.15) is 5.56 Å². The second-order valence-electron chi connectivity index (χ2n) is 4.24. The highest BCUT2D eigenvalue weighted by molar-refractivity contribution is 5.79. The molecule has 2 aromatic carbocycles. The van der Waals surface area contributed by atoms with E-state index in [0.717, 1.165) is 0 Å². The standard InChI is InChI=1S/C16H9FN2O/c1-2-10-6-5-8-12(14(10)17)15-18-13-9-4-3-7-11(13)16(20)19-15/h1,3-9H,(H,18,19,20). The van der Waals surface area contributed by atoms with E-state index in [9.17, 15) is 9.18 Å². The maximum Gasteiger partial charge on any atom is 0.259 e. The number of hydrogen-bond donors (Lipinski definition) is 1. The predicted molar refractivity (Wildman–Crippen MR) is 75.7 cm³/mol. The van der Waals surface area contributed by atoms with E-state index in [-0.39, 0.29) is 22.5 Å². The normalized spacial score (nSPS) is 10.4. The van der Waals surface area contributed by atoms with Gasteiger partial charge in [0.1, 0.15) is 11.6 Å². The van der Waals surface area contributed by atoms with Gasteiger partial charge in [0, 0.05) is 0 Å². The van der Waals surface area contributed by atoms with Crippen molar-refractivity contribution in [1.82, 2.24) is 9.97 Å². The third kappa shape index (κ3) is 1.86. The molecule has 3 nitrogen and oxygen atoms in total. The molecule has 1 heterocycles. The monoisotopic (exact) mass is 264 g/mol. The molecule has 0 spiro atoms. The summed E-state index contributed by atoms with van der Waals surface area (Å²) in [4.78, 5) is 18.8. The fraction of sp³-hybridized carbons (Fsp3) is 0. The van der Waals surface area contributed by atoms with Gasteiger partial charge in [-0.1, -0.05) is 24.1 Å². The molecule has 0 fully saturated rings. The number of hydrogen-bond acceptors (Lipinski definition) is 2. The number of H-pyrrole nitrogens is 1. The van der Waals surface area contributed by atoms with Crippen LogP contribution in [0.4, 0.5) is 4.39 Å². The lowest BCUT2D eigenvalue weighted by atomic mass is 10.1.